The average molecular weight is 352 g/mol. The van der Waals surface area contributed by atoms with Crippen molar-refractivity contribution in [2.45, 2.75) is 0 Å². The normalized spacial score (nSPS) is 11.0. The fraction of sp³-hybridized carbons (Fsp3) is 0.0556. The van der Waals surface area contributed by atoms with E-state index in [4.69, 9.17) is 0 Å². The fourth-order valence-corrected chi connectivity index (χ4v) is 3.54. The first-order valence-corrected chi connectivity index (χ1v) is 8.37. The number of aryl methyl sites for hydroxylation is 1. The van der Waals surface area contributed by atoms with Crippen LogP contribution in [0.4, 0.5) is 10.1 Å². The van der Waals surface area contributed by atoms with Crippen LogP contribution in [0.5, 0.6) is 0 Å². The van der Waals surface area contributed by atoms with Gasteiger partial charge < -0.3 is 9.88 Å². The second-order valence-corrected chi connectivity index (χ2v) is 6.68. The van der Waals surface area contributed by atoms with Crippen molar-refractivity contribution >= 4 is 33.0 Å². The molecule has 0 aliphatic rings. The zero-order chi connectivity index (χ0) is 17.4. The van der Waals surface area contributed by atoms with Crippen LogP contribution in [0, 0.1) is 5.82 Å². The minimum atomic E-state index is -0.311. The predicted molar refractivity (Wildman–Crippen MR) is 96.2 cm³/mol. The molecule has 0 aliphatic carbocycles. The number of anilines is 1. The Morgan fingerprint density at radius 2 is 2.08 bits per heavy atom. The van der Waals surface area contributed by atoms with Crippen LogP contribution in [0.25, 0.3) is 21.5 Å². The topological polar surface area (TPSA) is 59.8 Å². The van der Waals surface area contributed by atoms with Crippen molar-refractivity contribution < 1.29 is 9.18 Å². The van der Waals surface area contributed by atoms with Gasteiger partial charge in [-0.3, -0.25) is 4.79 Å². The summed E-state index contributed by atoms with van der Waals surface area (Å²) in [4.78, 5) is 13.0. The molecule has 0 fully saturated rings. The quantitative estimate of drug-likeness (QED) is 0.604. The highest BCUT2D eigenvalue weighted by molar-refractivity contribution is 7.20. The first-order chi connectivity index (χ1) is 12.1. The number of carbonyl (C=O) groups excluding carboxylic acids is 1. The van der Waals surface area contributed by atoms with Crippen molar-refractivity contribution in [3.05, 3.63) is 65.6 Å². The maximum absolute atomic E-state index is 13.3. The number of benzene rings is 2. The maximum atomic E-state index is 13.3. The average Bonchev–Trinajstić information content (AvgIpc) is 3.20. The number of nitrogens with one attached hydrogen (secondary N) is 1. The number of hydrogen-bond acceptors (Lipinski definition) is 4. The third-order valence-corrected chi connectivity index (χ3v) is 4.91. The van der Waals surface area contributed by atoms with Gasteiger partial charge in [-0.1, -0.05) is 12.1 Å². The van der Waals surface area contributed by atoms with E-state index in [0.29, 0.717) is 16.4 Å². The van der Waals surface area contributed by atoms with Crippen LogP contribution in [0.15, 0.2) is 54.9 Å². The summed E-state index contributed by atoms with van der Waals surface area (Å²) in [5, 5.41) is 11.5. The molecule has 5 nitrogen and oxygen atoms in total. The summed E-state index contributed by atoms with van der Waals surface area (Å²) < 4.78 is 16.0. The largest absolute Gasteiger partial charge is 0.321 e. The van der Waals surface area contributed by atoms with E-state index in [1.54, 1.807) is 18.5 Å². The monoisotopic (exact) mass is 352 g/mol. The fourth-order valence-electron chi connectivity index (χ4n) is 2.60. The number of halogens is 1. The SMILES string of the molecule is Cn1cnnc1-c1cccc(NC(=O)c2cc3cc(F)ccc3s2)c1. The summed E-state index contributed by atoms with van der Waals surface area (Å²) >= 11 is 1.33. The maximum Gasteiger partial charge on any atom is 0.265 e. The van der Waals surface area contributed by atoms with E-state index < -0.39 is 0 Å². The van der Waals surface area contributed by atoms with Crippen molar-refractivity contribution in [3.63, 3.8) is 0 Å². The van der Waals surface area contributed by atoms with Crippen LogP contribution in [0.1, 0.15) is 9.67 Å². The van der Waals surface area contributed by atoms with Crippen molar-refractivity contribution in [1.82, 2.24) is 14.8 Å². The standard InChI is InChI=1S/C18H13FN4OS/c1-23-10-20-22-17(23)11-3-2-4-14(8-11)21-18(24)16-9-12-7-13(19)5-6-15(12)25-16/h2-10H,1H3,(H,21,24). The van der Waals surface area contributed by atoms with Crippen LogP contribution in [-0.4, -0.2) is 20.7 Å². The summed E-state index contributed by atoms with van der Waals surface area (Å²) in [6.45, 7) is 0. The zero-order valence-corrected chi connectivity index (χ0v) is 14.0. The van der Waals surface area contributed by atoms with Gasteiger partial charge in [-0.15, -0.1) is 21.5 Å². The van der Waals surface area contributed by atoms with E-state index in [0.717, 1.165) is 15.6 Å². The lowest BCUT2D eigenvalue weighted by Crippen LogP contribution is -2.10. The van der Waals surface area contributed by atoms with E-state index in [-0.39, 0.29) is 11.7 Å². The molecule has 4 aromatic rings. The van der Waals surface area contributed by atoms with Crippen LogP contribution in [0.3, 0.4) is 0 Å². The van der Waals surface area contributed by atoms with Gasteiger partial charge in [0.05, 0.1) is 4.88 Å². The first kappa shape index (κ1) is 15.5. The summed E-state index contributed by atoms with van der Waals surface area (Å²) in [6, 6.07) is 13.6. The molecule has 0 atom stereocenters. The molecule has 2 aromatic carbocycles. The Morgan fingerprint density at radius 1 is 1.20 bits per heavy atom. The van der Waals surface area contributed by atoms with Gasteiger partial charge in [0, 0.05) is 23.0 Å². The molecule has 0 aliphatic heterocycles. The summed E-state index contributed by atoms with van der Waals surface area (Å²) in [7, 11) is 1.86. The smallest absolute Gasteiger partial charge is 0.265 e. The van der Waals surface area contributed by atoms with E-state index in [1.807, 2.05) is 35.9 Å². The van der Waals surface area contributed by atoms with Crippen molar-refractivity contribution in [2.75, 3.05) is 5.32 Å². The molecule has 0 unspecified atom stereocenters. The lowest BCUT2D eigenvalue weighted by Gasteiger charge is -2.06. The van der Waals surface area contributed by atoms with Gasteiger partial charge in [0.1, 0.15) is 12.1 Å². The van der Waals surface area contributed by atoms with Crippen molar-refractivity contribution in [1.29, 1.82) is 0 Å². The van der Waals surface area contributed by atoms with Gasteiger partial charge in [0.15, 0.2) is 5.82 Å². The highest BCUT2D eigenvalue weighted by atomic mass is 32.1. The van der Waals surface area contributed by atoms with Crippen LogP contribution in [-0.2, 0) is 7.05 Å². The van der Waals surface area contributed by atoms with Crippen molar-refractivity contribution in [2.24, 2.45) is 7.05 Å². The second kappa shape index (κ2) is 6.10. The van der Waals surface area contributed by atoms with Gasteiger partial charge in [0.2, 0.25) is 0 Å². The Labute approximate surface area is 146 Å². The molecule has 2 heterocycles. The highest BCUT2D eigenvalue weighted by Gasteiger charge is 2.12. The number of nitrogens with zero attached hydrogens (tertiary/aromatic N) is 3. The molecule has 0 spiro atoms. The molecular formula is C18H13FN4OS. The van der Waals surface area contributed by atoms with Gasteiger partial charge >= 0.3 is 0 Å². The zero-order valence-electron chi connectivity index (χ0n) is 13.2. The summed E-state index contributed by atoms with van der Waals surface area (Å²) in [5.74, 6) is 0.179. The van der Waals surface area contributed by atoms with E-state index in [9.17, 15) is 9.18 Å². The predicted octanol–water partition coefficient (Wildman–Crippen LogP) is 4.09. The lowest BCUT2D eigenvalue weighted by molar-refractivity contribution is 0.103. The first-order valence-electron chi connectivity index (χ1n) is 7.55. The molecule has 4 rings (SSSR count). The van der Waals surface area contributed by atoms with Crippen molar-refractivity contribution in [3.8, 4) is 11.4 Å². The molecule has 124 valence electrons. The molecule has 0 saturated carbocycles. The third-order valence-electron chi connectivity index (χ3n) is 3.79. The molecule has 2 aromatic heterocycles. The van der Waals surface area contributed by atoms with Crippen LogP contribution >= 0.6 is 11.3 Å². The molecule has 25 heavy (non-hydrogen) atoms. The van der Waals surface area contributed by atoms with Gasteiger partial charge in [-0.05, 0) is 41.8 Å². The lowest BCUT2D eigenvalue weighted by atomic mass is 10.2. The molecule has 0 bridgehead atoms. The Bertz CT molecular complexity index is 1090. The molecule has 7 heteroatoms. The Morgan fingerprint density at radius 3 is 2.88 bits per heavy atom. The Hall–Kier alpha value is -3.06. The van der Waals surface area contributed by atoms with Gasteiger partial charge in [-0.25, -0.2) is 4.39 Å². The molecule has 1 N–H and O–H groups in total. The number of hydrogen-bond donors (Lipinski definition) is 1. The molecule has 0 saturated heterocycles. The molecule has 0 radical (unpaired) electrons. The van der Waals surface area contributed by atoms with Gasteiger partial charge in [0.25, 0.3) is 5.91 Å². The number of amides is 1. The third kappa shape index (κ3) is 3.01. The number of fused-ring (bicyclic) bond motifs is 1. The number of aromatic nitrogens is 3. The molecular weight excluding hydrogens is 339 g/mol. The van der Waals surface area contributed by atoms with E-state index in [1.165, 1.54) is 23.5 Å². The highest BCUT2D eigenvalue weighted by Crippen LogP contribution is 2.27. The van der Waals surface area contributed by atoms with Gasteiger partial charge in [-0.2, -0.15) is 0 Å². The van der Waals surface area contributed by atoms with E-state index >= 15 is 0 Å². The number of rotatable bonds is 3. The minimum absolute atomic E-state index is 0.225. The second-order valence-electron chi connectivity index (χ2n) is 5.59. The van der Waals surface area contributed by atoms with Crippen LogP contribution < -0.4 is 5.32 Å². The summed E-state index contributed by atoms with van der Waals surface area (Å²) in [5.41, 5.74) is 1.52. The number of carbonyl (C=O) groups is 1. The summed E-state index contributed by atoms with van der Waals surface area (Å²) in [6.07, 6.45) is 1.62. The minimum Gasteiger partial charge on any atom is -0.321 e. The van der Waals surface area contributed by atoms with E-state index in [2.05, 4.69) is 15.5 Å². The number of thiophene rings is 1. The Kier molecular flexibility index (Phi) is 3.77. The molecule has 1 amide bonds. The Balaban J connectivity index is 1.61. The van der Waals surface area contributed by atoms with Crippen LogP contribution in [0.2, 0.25) is 0 Å².